The largest absolute Gasteiger partial charge is 0.488 e. The molecule has 174 valence electrons. The highest BCUT2D eigenvalue weighted by molar-refractivity contribution is 6.31. The predicted molar refractivity (Wildman–Crippen MR) is 118 cm³/mol. The van der Waals surface area contributed by atoms with Crippen LogP contribution < -0.4 is 4.74 Å². The molecule has 2 aromatic carbocycles. The van der Waals surface area contributed by atoms with Crippen molar-refractivity contribution >= 4 is 11.6 Å². The Balaban J connectivity index is 1.48. The third-order valence-corrected chi connectivity index (χ3v) is 6.68. The van der Waals surface area contributed by atoms with E-state index in [1.165, 1.54) is 0 Å². The van der Waals surface area contributed by atoms with Gasteiger partial charge in [-0.2, -0.15) is 0 Å². The fraction of sp³-hybridized carbons (Fsp3) is 0.500. The van der Waals surface area contributed by atoms with E-state index in [4.69, 9.17) is 21.1 Å². The van der Waals surface area contributed by atoms with Crippen molar-refractivity contribution in [3.8, 4) is 5.75 Å². The average Bonchev–Trinajstić information content (AvgIpc) is 3.19. The minimum atomic E-state index is -1.43. The molecule has 4 rings (SSSR count). The predicted octanol–water partition coefficient (Wildman–Crippen LogP) is 1.74. The third-order valence-electron chi connectivity index (χ3n) is 6.31. The van der Waals surface area contributed by atoms with Crippen LogP contribution in [-0.4, -0.2) is 68.8 Å². The molecule has 2 aromatic rings. The summed E-state index contributed by atoms with van der Waals surface area (Å²) in [6.45, 7) is -0.478. The molecule has 0 radical (unpaired) electrons. The second kappa shape index (κ2) is 10.1. The maximum atomic E-state index is 10.4. The monoisotopic (exact) mass is 464 g/mol. The molecule has 0 spiro atoms. The first-order chi connectivity index (χ1) is 15.4. The molecule has 7 atom stereocenters. The smallest absolute Gasteiger partial charge is 0.124 e. The number of halogens is 1. The van der Waals surface area contributed by atoms with E-state index in [0.29, 0.717) is 22.8 Å². The van der Waals surface area contributed by atoms with Crippen molar-refractivity contribution in [1.29, 1.82) is 0 Å². The summed E-state index contributed by atoms with van der Waals surface area (Å²) in [5.74, 6) is 0.709. The van der Waals surface area contributed by atoms with Crippen molar-refractivity contribution in [3.05, 3.63) is 64.2 Å². The zero-order valence-corrected chi connectivity index (χ0v) is 18.3. The van der Waals surface area contributed by atoms with Gasteiger partial charge in [0.15, 0.2) is 0 Å². The molecule has 8 heteroatoms. The molecule has 1 aliphatic heterocycles. The van der Waals surface area contributed by atoms with Crippen LogP contribution in [0.1, 0.15) is 42.1 Å². The molecule has 0 amide bonds. The first kappa shape index (κ1) is 23.4. The van der Waals surface area contributed by atoms with Gasteiger partial charge in [0.1, 0.15) is 42.4 Å². The maximum absolute atomic E-state index is 10.4. The number of rotatable bonds is 6. The highest BCUT2D eigenvalue weighted by Gasteiger charge is 2.44. The average molecular weight is 465 g/mol. The van der Waals surface area contributed by atoms with Gasteiger partial charge < -0.3 is 35.0 Å². The molecular formula is C24H29ClO7. The van der Waals surface area contributed by atoms with Gasteiger partial charge in [0, 0.05) is 5.02 Å². The second-order valence-electron chi connectivity index (χ2n) is 8.58. The van der Waals surface area contributed by atoms with E-state index in [1.54, 1.807) is 18.2 Å². The zero-order valence-electron chi connectivity index (χ0n) is 17.5. The summed E-state index contributed by atoms with van der Waals surface area (Å²) in [5, 5.41) is 50.4. The summed E-state index contributed by atoms with van der Waals surface area (Å²) in [6, 6.07) is 12.8. The third kappa shape index (κ3) is 4.94. The van der Waals surface area contributed by atoms with Crippen LogP contribution in [0.3, 0.4) is 0 Å². The highest BCUT2D eigenvalue weighted by atomic mass is 35.5. The molecule has 5 N–H and O–H groups in total. The van der Waals surface area contributed by atoms with Gasteiger partial charge in [-0.3, -0.25) is 0 Å². The van der Waals surface area contributed by atoms with Crippen LogP contribution in [-0.2, 0) is 11.2 Å². The van der Waals surface area contributed by atoms with Gasteiger partial charge in [0.2, 0.25) is 0 Å². The van der Waals surface area contributed by atoms with Gasteiger partial charge in [-0.15, -0.1) is 0 Å². The van der Waals surface area contributed by atoms with Gasteiger partial charge in [-0.1, -0.05) is 35.9 Å². The molecule has 2 fully saturated rings. The SMILES string of the molecule is OC[C@H]1O[C@@H](c2ccc(Cl)c(Cc3ccc(O[C@@H]4CCC[C@H]4O)cc3)c2)[C@H](O)[C@@H](O)[C@@H]1O. The number of hydrogen-bond acceptors (Lipinski definition) is 7. The van der Waals surface area contributed by atoms with Crippen molar-refractivity contribution in [3.63, 3.8) is 0 Å². The van der Waals surface area contributed by atoms with Gasteiger partial charge >= 0.3 is 0 Å². The lowest BCUT2D eigenvalue weighted by Crippen LogP contribution is -2.55. The zero-order chi connectivity index (χ0) is 22.8. The molecule has 1 saturated carbocycles. The Hall–Kier alpha value is -1.71. The Morgan fingerprint density at radius 1 is 0.938 bits per heavy atom. The van der Waals surface area contributed by atoms with Crippen LogP contribution in [0.5, 0.6) is 5.75 Å². The first-order valence-electron chi connectivity index (χ1n) is 10.9. The van der Waals surface area contributed by atoms with Crippen LogP contribution in [0, 0.1) is 0 Å². The van der Waals surface area contributed by atoms with E-state index < -0.39 is 43.2 Å². The summed E-state index contributed by atoms with van der Waals surface area (Å²) >= 11 is 6.40. The van der Waals surface area contributed by atoms with Gasteiger partial charge in [-0.05, 0) is 60.6 Å². The van der Waals surface area contributed by atoms with E-state index in [2.05, 4.69) is 0 Å². The van der Waals surface area contributed by atoms with E-state index in [-0.39, 0.29) is 6.10 Å². The number of benzene rings is 2. The summed E-state index contributed by atoms with van der Waals surface area (Å²) < 4.78 is 11.5. The van der Waals surface area contributed by atoms with E-state index in [0.717, 1.165) is 30.4 Å². The Bertz CT molecular complexity index is 904. The molecule has 1 heterocycles. The van der Waals surface area contributed by atoms with Gasteiger partial charge in [0.25, 0.3) is 0 Å². The lowest BCUT2D eigenvalue weighted by Gasteiger charge is -2.40. The normalized spacial score (nSPS) is 32.8. The Kier molecular flexibility index (Phi) is 7.37. The molecule has 0 aromatic heterocycles. The topological polar surface area (TPSA) is 120 Å². The summed E-state index contributed by atoms with van der Waals surface area (Å²) in [6.07, 6.45) is -3.52. The van der Waals surface area contributed by atoms with Crippen LogP contribution in [0.15, 0.2) is 42.5 Å². The number of hydrogen-bond donors (Lipinski definition) is 5. The minimum absolute atomic E-state index is 0.162. The van der Waals surface area contributed by atoms with Crippen LogP contribution in [0.4, 0.5) is 0 Å². The molecule has 0 unspecified atom stereocenters. The minimum Gasteiger partial charge on any atom is -0.488 e. The first-order valence-corrected chi connectivity index (χ1v) is 11.3. The number of ether oxygens (including phenoxy) is 2. The highest BCUT2D eigenvalue weighted by Crippen LogP contribution is 2.34. The quantitative estimate of drug-likeness (QED) is 0.441. The van der Waals surface area contributed by atoms with Crippen molar-refractivity contribution in [1.82, 2.24) is 0 Å². The summed E-state index contributed by atoms with van der Waals surface area (Å²) in [4.78, 5) is 0. The van der Waals surface area contributed by atoms with E-state index >= 15 is 0 Å². The van der Waals surface area contributed by atoms with Crippen LogP contribution in [0.2, 0.25) is 5.02 Å². The standard InChI is InChI=1S/C24H29ClO7/c25-17-9-6-14(24-23(30)22(29)21(28)20(12-26)32-24)11-15(17)10-13-4-7-16(8-5-13)31-19-3-1-2-18(19)27/h4-9,11,18-24,26-30H,1-3,10,12H2/t18-,19-,20-,21-,22+,23-,24+/m1/s1. The van der Waals surface area contributed by atoms with Crippen molar-refractivity contribution in [2.75, 3.05) is 6.61 Å². The Morgan fingerprint density at radius 3 is 2.34 bits per heavy atom. The number of aliphatic hydroxyl groups excluding tert-OH is 5. The lowest BCUT2D eigenvalue weighted by atomic mass is 9.90. The van der Waals surface area contributed by atoms with Crippen LogP contribution >= 0.6 is 11.6 Å². The molecule has 1 aliphatic carbocycles. The van der Waals surface area contributed by atoms with Crippen molar-refractivity contribution in [2.45, 2.75) is 68.4 Å². The molecule has 7 nitrogen and oxygen atoms in total. The van der Waals surface area contributed by atoms with E-state index in [9.17, 15) is 25.5 Å². The maximum Gasteiger partial charge on any atom is 0.124 e. The fourth-order valence-corrected chi connectivity index (χ4v) is 4.59. The molecule has 32 heavy (non-hydrogen) atoms. The van der Waals surface area contributed by atoms with Gasteiger partial charge in [0.05, 0.1) is 12.7 Å². The summed E-state index contributed by atoms with van der Waals surface area (Å²) in [7, 11) is 0. The van der Waals surface area contributed by atoms with Crippen molar-refractivity contribution < 1.29 is 35.0 Å². The molecule has 0 bridgehead atoms. The van der Waals surface area contributed by atoms with E-state index in [1.807, 2.05) is 24.3 Å². The lowest BCUT2D eigenvalue weighted by molar-refractivity contribution is -0.231. The summed E-state index contributed by atoms with van der Waals surface area (Å²) in [5.41, 5.74) is 2.40. The Labute approximate surface area is 191 Å². The van der Waals surface area contributed by atoms with Gasteiger partial charge in [-0.25, -0.2) is 0 Å². The Morgan fingerprint density at radius 2 is 1.69 bits per heavy atom. The van der Waals surface area contributed by atoms with Crippen molar-refractivity contribution in [2.24, 2.45) is 0 Å². The molecule has 2 aliphatic rings. The van der Waals surface area contributed by atoms with Crippen LogP contribution in [0.25, 0.3) is 0 Å². The number of aliphatic hydroxyl groups is 5. The molecule has 1 saturated heterocycles. The fourth-order valence-electron chi connectivity index (χ4n) is 4.41. The molecular weight excluding hydrogens is 436 g/mol. The second-order valence-corrected chi connectivity index (χ2v) is 8.98.